The summed E-state index contributed by atoms with van der Waals surface area (Å²) in [6.45, 7) is 1.95. The molecule has 8 nitrogen and oxygen atoms in total. The summed E-state index contributed by atoms with van der Waals surface area (Å²) in [6.07, 6.45) is 0. The standard InChI is InChI=1S/C33H33ClF2N2O6/c1-33(36,30-14-13-28(41-3)31(38-30)22-7-11-26(35)25(34)17-22)20-37-32(39)23-8-12-27(29(18-23)42-4)44-16-15-43-19-21-5-9-24(40-2)10-6-21/h5-14,17-18H,15-16,19-20H2,1-4H3,(H,37,39). The number of rotatable bonds is 14. The number of methoxy groups -OCH3 is 3. The van der Waals surface area contributed by atoms with Gasteiger partial charge in [-0.2, -0.15) is 0 Å². The van der Waals surface area contributed by atoms with Crippen LogP contribution >= 0.6 is 11.6 Å². The number of nitrogens with one attached hydrogen (secondary N) is 1. The molecule has 0 radical (unpaired) electrons. The third kappa shape index (κ3) is 8.15. The SMILES string of the molecule is COc1ccc(COCCOc2ccc(C(=O)NCC(C)(F)c3ccc(OC)c(-c4ccc(F)c(Cl)c4)n3)cc2OC)cc1. The zero-order valence-electron chi connectivity index (χ0n) is 24.8. The first-order chi connectivity index (χ1) is 21.1. The molecular formula is C33H33ClF2N2O6. The highest BCUT2D eigenvalue weighted by Gasteiger charge is 2.30. The number of alkyl halides is 1. The van der Waals surface area contributed by atoms with Crippen LogP contribution in [0.15, 0.2) is 72.8 Å². The second-order valence-electron chi connectivity index (χ2n) is 9.87. The van der Waals surface area contributed by atoms with Crippen LogP contribution in [0.1, 0.15) is 28.5 Å². The van der Waals surface area contributed by atoms with E-state index in [2.05, 4.69) is 10.3 Å². The Morgan fingerprint density at radius 3 is 2.30 bits per heavy atom. The van der Waals surface area contributed by atoms with Crippen LogP contribution in [0.2, 0.25) is 5.02 Å². The van der Waals surface area contributed by atoms with Gasteiger partial charge in [-0.05, 0) is 73.2 Å². The molecule has 0 saturated carbocycles. The van der Waals surface area contributed by atoms with Crippen molar-refractivity contribution in [3.8, 4) is 34.3 Å². The van der Waals surface area contributed by atoms with Gasteiger partial charge >= 0.3 is 0 Å². The molecule has 1 unspecified atom stereocenters. The van der Waals surface area contributed by atoms with Crippen LogP contribution in [0, 0.1) is 5.82 Å². The lowest BCUT2D eigenvalue weighted by molar-refractivity contribution is 0.0877. The van der Waals surface area contributed by atoms with Gasteiger partial charge in [0.25, 0.3) is 5.91 Å². The molecular weight excluding hydrogens is 594 g/mol. The molecule has 4 rings (SSSR count). The van der Waals surface area contributed by atoms with Gasteiger partial charge in [-0.25, -0.2) is 13.8 Å². The van der Waals surface area contributed by atoms with Crippen LogP contribution in [0.3, 0.4) is 0 Å². The number of hydrogen-bond donors (Lipinski definition) is 1. The van der Waals surface area contributed by atoms with Gasteiger partial charge in [0, 0.05) is 11.1 Å². The van der Waals surface area contributed by atoms with Crippen LogP contribution in [-0.4, -0.2) is 52.0 Å². The summed E-state index contributed by atoms with van der Waals surface area (Å²) in [4.78, 5) is 17.4. The first-order valence-corrected chi connectivity index (χ1v) is 14.0. The number of ether oxygens (including phenoxy) is 5. The van der Waals surface area contributed by atoms with E-state index in [1.807, 2.05) is 24.3 Å². The molecule has 1 aromatic heterocycles. The molecule has 1 N–H and O–H groups in total. The van der Waals surface area contributed by atoms with E-state index in [4.69, 9.17) is 35.3 Å². The van der Waals surface area contributed by atoms with Crippen LogP contribution < -0.4 is 24.3 Å². The van der Waals surface area contributed by atoms with E-state index in [0.717, 1.165) is 11.3 Å². The summed E-state index contributed by atoms with van der Waals surface area (Å²) in [5, 5.41) is 2.52. The molecule has 0 saturated heterocycles. The van der Waals surface area contributed by atoms with Gasteiger partial charge in [0.1, 0.15) is 29.6 Å². The maximum absolute atomic E-state index is 15.9. The average molecular weight is 627 g/mol. The smallest absolute Gasteiger partial charge is 0.251 e. The molecule has 0 aliphatic rings. The molecule has 44 heavy (non-hydrogen) atoms. The maximum atomic E-state index is 15.9. The zero-order valence-corrected chi connectivity index (χ0v) is 25.5. The molecule has 4 aromatic rings. The number of carbonyl (C=O) groups is 1. The lowest BCUT2D eigenvalue weighted by Gasteiger charge is -2.22. The van der Waals surface area contributed by atoms with E-state index in [9.17, 15) is 9.18 Å². The van der Waals surface area contributed by atoms with Crippen molar-refractivity contribution in [1.82, 2.24) is 10.3 Å². The van der Waals surface area contributed by atoms with Crippen molar-refractivity contribution in [3.63, 3.8) is 0 Å². The molecule has 1 amide bonds. The van der Waals surface area contributed by atoms with Crippen molar-refractivity contribution in [3.05, 3.63) is 100 Å². The third-order valence-electron chi connectivity index (χ3n) is 6.73. The van der Waals surface area contributed by atoms with Gasteiger partial charge in [0.2, 0.25) is 0 Å². The quantitative estimate of drug-likeness (QED) is 0.154. The fraction of sp³-hybridized carbons (Fsp3) is 0.273. The van der Waals surface area contributed by atoms with Crippen molar-refractivity contribution in [2.75, 3.05) is 41.1 Å². The normalized spacial score (nSPS) is 12.2. The van der Waals surface area contributed by atoms with Gasteiger partial charge in [0.15, 0.2) is 17.2 Å². The van der Waals surface area contributed by atoms with Crippen molar-refractivity contribution < 1.29 is 37.3 Å². The molecule has 0 aliphatic carbocycles. The third-order valence-corrected chi connectivity index (χ3v) is 7.01. The monoisotopic (exact) mass is 626 g/mol. The topological polar surface area (TPSA) is 88.1 Å². The second-order valence-corrected chi connectivity index (χ2v) is 10.3. The molecule has 11 heteroatoms. The molecule has 0 fully saturated rings. The predicted octanol–water partition coefficient (Wildman–Crippen LogP) is 6.78. The van der Waals surface area contributed by atoms with E-state index in [1.54, 1.807) is 25.3 Å². The first kappa shape index (κ1) is 32.5. The fourth-order valence-corrected chi connectivity index (χ4v) is 4.42. The van der Waals surface area contributed by atoms with E-state index < -0.39 is 17.4 Å². The number of hydrogen-bond acceptors (Lipinski definition) is 7. The van der Waals surface area contributed by atoms with E-state index >= 15 is 4.39 Å². The number of carbonyl (C=O) groups excluding carboxylic acids is 1. The zero-order chi connectivity index (χ0) is 31.7. The summed E-state index contributed by atoms with van der Waals surface area (Å²) < 4.78 is 56.9. The number of benzene rings is 3. The summed E-state index contributed by atoms with van der Waals surface area (Å²) in [5.74, 6) is 0.806. The Morgan fingerprint density at radius 1 is 0.886 bits per heavy atom. The van der Waals surface area contributed by atoms with Crippen molar-refractivity contribution >= 4 is 17.5 Å². The Morgan fingerprint density at radius 2 is 1.61 bits per heavy atom. The van der Waals surface area contributed by atoms with Crippen LogP contribution in [0.4, 0.5) is 8.78 Å². The fourth-order valence-electron chi connectivity index (χ4n) is 4.24. The minimum Gasteiger partial charge on any atom is -0.497 e. The summed E-state index contributed by atoms with van der Waals surface area (Å²) in [5.41, 5.74) is -0.0140. The summed E-state index contributed by atoms with van der Waals surface area (Å²) >= 11 is 5.94. The Balaban J connectivity index is 1.35. The molecule has 1 heterocycles. The Bertz CT molecular complexity index is 1580. The minimum absolute atomic E-state index is 0.0459. The summed E-state index contributed by atoms with van der Waals surface area (Å²) in [7, 11) is 4.52. The van der Waals surface area contributed by atoms with E-state index in [-0.39, 0.29) is 35.1 Å². The van der Waals surface area contributed by atoms with E-state index in [0.29, 0.717) is 36.0 Å². The largest absolute Gasteiger partial charge is 0.497 e. The number of pyridine rings is 1. The molecule has 232 valence electrons. The lowest BCUT2D eigenvalue weighted by Crippen LogP contribution is -2.36. The second kappa shape index (κ2) is 14.9. The van der Waals surface area contributed by atoms with Crippen molar-refractivity contribution in [2.45, 2.75) is 19.2 Å². The van der Waals surface area contributed by atoms with Crippen LogP contribution in [0.5, 0.6) is 23.0 Å². The highest BCUT2D eigenvalue weighted by molar-refractivity contribution is 6.31. The Kier molecular flexibility index (Phi) is 11.0. The van der Waals surface area contributed by atoms with Gasteiger partial charge in [-0.15, -0.1) is 0 Å². The molecule has 0 bridgehead atoms. The number of halogens is 3. The van der Waals surface area contributed by atoms with Gasteiger partial charge in [0.05, 0.1) is 51.8 Å². The average Bonchev–Trinajstić information content (AvgIpc) is 3.04. The van der Waals surface area contributed by atoms with Gasteiger partial charge in [-0.3, -0.25) is 4.79 Å². The highest BCUT2D eigenvalue weighted by Crippen LogP contribution is 2.34. The van der Waals surface area contributed by atoms with Gasteiger partial charge < -0.3 is 29.0 Å². The van der Waals surface area contributed by atoms with E-state index in [1.165, 1.54) is 51.5 Å². The molecule has 0 aliphatic heterocycles. The van der Waals surface area contributed by atoms with Crippen molar-refractivity contribution in [2.24, 2.45) is 0 Å². The van der Waals surface area contributed by atoms with Crippen LogP contribution in [-0.2, 0) is 17.0 Å². The lowest BCUT2D eigenvalue weighted by atomic mass is 10.0. The Labute approximate surface area is 259 Å². The highest BCUT2D eigenvalue weighted by atomic mass is 35.5. The number of nitrogens with zero attached hydrogens (tertiary/aromatic N) is 1. The van der Waals surface area contributed by atoms with Crippen molar-refractivity contribution in [1.29, 1.82) is 0 Å². The Hall–Kier alpha value is -4.41. The molecule has 0 spiro atoms. The van der Waals surface area contributed by atoms with Gasteiger partial charge in [-0.1, -0.05) is 23.7 Å². The molecule has 3 aromatic carbocycles. The number of amides is 1. The minimum atomic E-state index is -2.06. The summed E-state index contributed by atoms with van der Waals surface area (Å²) in [6, 6.07) is 19.3. The maximum Gasteiger partial charge on any atom is 0.251 e. The number of aromatic nitrogens is 1. The first-order valence-electron chi connectivity index (χ1n) is 13.6. The predicted molar refractivity (Wildman–Crippen MR) is 163 cm³/mol. The molecule has 1 atom stereocenters. The van der Waals surface area contributed by atoms with Crippen LogP contribution in [0.25, 0.3) is 11.3 Å².